The molecule has 0 aromatic heterocycles. The average molecular weight is 389 g/mol. The van der Waals surface area contributed by atoms with Crippen molar-refractivity contribution in [1.29, 1.82) is 0 Å². The number of nitrogens with one attached hydrogen (secondary N) is 3. The fraction of sp³-hybridized carbons (Fsp3) is 0.533. The van der Waals surface area contributed by atoms with E-state index in [1.165, 1.54) is 0 Å². The van der Waals surface area contributed by atoms with Gasteiger partial charge >= 0.3 is 0 Å². The van der Waals surface area contributed by atoms with Gasteiger partial charge in [-0.25, -0.2) is 21.6 Å². The van der Waals surface area contributed by atoms with Crippen LogP contribution >= 0.6 is 0 Å². The van der Waals surface area contributed by atoms with Crippen LogP contribution in [0.1, 0.15) is 12.0 Å². The zero-order chi connectivity index (χ0) is 18.5. The minimum Gasteiger partial charge on any atom is -0.355 e. The Hall–Kier alpha value is -1.65. The summed E-state index contributed by atoms with van der Waals surface area (Å²) >= 11 is 0. The van der Waals surface area contributed by atoms with Crippen LogP contribution in [0.15, 0.2) is 34.2 Å². The maximum atomic E-state index is 12.2. The molecule has 0 bridgehead atoms. The van der Waals surface area contributed by atoms with Crippen LogP contribution in [-0.2, 0) is 19.9 Å². The number of guanidine groups is 1. The molecule has 2 rings (SSSR count). The van der Waals surface area contributed by atoms with Crippen LogP contribution in [0.2, 0.25) is 0 Å². The van der Waals surface area contributed by atoms with Crippen LogP contribution in [0.5, 0.6) is 0 Å². The molecule has 3 N–H and O–H groups in total. The molecule has 0 saturated carbocycles. The van der Waals surface area contributed by atoms with Crippen LogP contribution in [0.3, 0.4) is 0 Å². The molecule has 1 unspecified atom stereocenters. The SMILES string of the molecule is CN=C(NCCNS(=O)(=O)c1ccc(C)cc1)NC1CCS(=O)(=O)C1. The highest BCUT2D eigenvalue weighted by molar-refractivity contribution is 7.91. The van der Waals surface area contributed by atoms with Gasteiger partial charge in [0.2, 0.25) is 10.0 Å². The molecule has 1 fully saturated rings. The lowest BCUT2D eigenvalue weighted by molar-refractivity contribution is 0.579. The second kappa shape index (κ2) is 8.15. The number of rotatable bonds is 6. The molecule has 0 spiro atoms. The lowest BCUT2D eigenvalue weighted by atomic mass is 10.2. The molecule has 1 aromatic carbocycles. The van der Waals surface area contributed by atoms with E-state index in [0.717, 1.165) is 5.56 Å². The zero-order valence-electron chi connectivity index (χ0n) is 14.3. The smallest absolute Gasteiger partial charge is 0.240 e. The van der Waals surface area contributed by atoms with Gasteiger partial charge in [0.1, 0.15) is 0 Å². The van der Waals surface area contributed by atoms with Crippen molar-refractivity contribution in [3.05, 3.63) is 29.8 Å². The fourth-order valence-electron chi connectivity index (χ4n) is 2.46. The molecule has 10 heteroatoms. The van der Waals surface area contributed by atoms with E-state index in [0.29, 0.717) is 18.9 Å². The Morgan fingerprint density at radius 2 is 1.92 bits per heavy atom. The molecular formula is C15H24N4O4S2. The van der Waals surface area contributed by atoms with Crippen molar-refractivity contribution >= 4 is 25.8 Å². The Bertz CT molecular complexity index is 818. The average Bonchev–Trinajstić information content (AvgIpc) is 2.89. The van der Waals surface area contributed by atoms with E-state index in [9.17, 15) is 16.8 Å². The van der Waals surface area contributed by atoms with E-state index in [-0.39, 0.29) is 29.0 Å². The van der Waals surface area contributed by atoms with Crippen molar-refractivity contribution in [3.8, 4) is 0 Å². The minimum atomic E-state index is -3.55. The third kappa shape index (κ3) is 5.98. The lowest BCUT2D eigenvalue weighted by Gasteiger charge is -2.16. The predicted molar refractivity (Wildman–Crippen MR) is 97.9 cm³/mol. The number of hydrogen-bond acceptors (Lipinski definition) is 5. The number of sulfonamides is 1. The summed E-state index contributed by atoms with van der Waals surface area (Å²) in [7, 11) is -4.93. The standard InChI is InChI=1S/C15H24N4O4S2/c1-12-3-5-14(6-4-12)25(22,23)18-9-8-17-15(16-2)19-13-7-10-24(20,21)11-13/h3-6,13,18H,7-11H2,1-2H3,(H2,16,17,19). The molecule has 25 heavy (non-hydrogen) atoms. The van der Waals surface area contributed by atoms with Crippen molar-refractivity contribution < 1.29 is 16.8 Å². The first-order valence-electron chi connectivity index (χ1n) is 7.96. The van der Waals surface area contributed by atoms with E-state index in [1.807, 2.05) is 6.92 Å². The largest absolute Gasteiger partial charge is 0.355 e. The van der Waals surface area contributed by atoms with Gasteiger partial charge in [0, 0.05) is 26.2 Å². The third-order valence-corrected chi connectivity index (χ3v) is 7.08. The van der Waals surface area contributed by atoms with Gasteiger partial charge in [0.05, 0.1) is 16.4 Å². The van der Waals surface area contributed by atoms with Crippen molar-refractivity contribution in [2.75, 3.05) is 31.6 Å². The van der Waals surface area contributed by atoms with E-state index >= 15 is 0 Å². The Balaban J connectivity index is 1.78. The molecule has 140 valence electrons. The van der Waals surface area contributed by atoms with Gasteiger partial charge in [0.15, 0.2) is 15.8 Å². The van der Waals surface area contributed by atoms with Crippen LogP contribution < -0.4 is 15.4 Å². The molecule has 1 aromatic rings. The van der Waals surface area contributed by atoms with E-state index < -0.39 is 19.9 Å². The number of sulfone groups is 1. The highest BCUT2D eigenvalue weighted by atomic mass is 32.2. The first-order chi connectivity index (χ1) is 11.7. The molecular weight excluding hydrogens is 364 g/mol. The number of benzene rings is 1. The number of aliphatic imine (C=N–C) groups is 1. The molecule has 1 saturated heterocycles. The van der Waals surface area contributed by atoms with Gasteiger partial charge in [-0.15, -0.1) is 0 Å². The van der Waals surface area contributed by atoms with Crippen molar-refractivity contribution in [2.24, 2.45) is 4.99 Å². The molecule has 1 atom stereocenters. The molecule has 0 amide bonds. The highest BCUT2D eigenvalue weighted by Gasteiger charge is 2.28. The summed E-state index contributed by atoms with van der Waals surface area (Å²) in [6.07, 6.45) is 0.545. The summed E-state index contributed by atoms with van der Waals surface area (Å²) in [5.41, 5.74) is 0.990. The summed E-state index contributed by atoms with van der Waals surface area (Å²) in [6, 6.07) is 6.45. The molecule has 1 aliphatic rings. The van der Waals surface area contributed by atoms with Crippen LogP contribution in [0.25, 0.3) is 0 Å². The zero-order valence-corrected chi connectivity index (χ0v) is 16.0. The fourth-order valence-corrected chi connectivity index (χ4v) is 5.17. The summed E-state index contributed by atoms with van der Waals surface area (Å²) in [4.78, 5) is 4.24. The molecule has 1 aliphatic heterocycles. The van der Waals surface area contributed by atoms with E-state index in [1.54, 1.807) is 31.3 Å². The van der Waals surface area contributed by atoms with Gasteiger partial charge in [-0.2, -0.15) is 0 Å². The maximum Gasteiger partial charge on any atom is 0.240 e. The summed E-state index contributed by atoms with van der Waals surface area (Å²) in [5, 5.41) is 6.01. The Morgan fingerprint density at radius 3 is 2.48 bits per heavy atom. The van der Waals surface area contributed by atoms with Gasteiger partial charge in [-0.3, -0.25) is 4.99 Å². The monoisotopic (exact) mass is 388 g/mol. The summed E-state index contributed by atoms with van der Waals surface area (Å²) < 4.78 is 49.7. The number of aryl methyl sites for hydroxylation is 1. The Labute approximate surface area is 149 Å². The third-order valence-electron chi connectivity index (χ3n) is 3.84. The van der Waals surface area contributed by atoms with Crippen LogP contribution in [0, 0.1) is 6.92 Å². The molecule has 0 radical (unpaired) electrons. The van der Waals surface area contributed by atoms with Crippen LogP contribution in [-0.4, -0.2) is 60.5 Å². The topological polar surface area (TPSA) is 117 Å². The van der Waals surface area contributed by atoms with Gasteiger partial charge in [-0.1, -0.05) is 17.7 Å². The molecule has 8 nitrogen and oxygen atoms in total. The van der Waals surface area contributed by atoms with E-state index in [4.69, 9.17) is 0 Å². The summed E-state index contributed by atoms with van der Waals surface area (Å²) in [5.74, 6) is 0.725. The first-order valence-corrected chi connectivity index (χ1v) is 11.3. The molecule has 0 aliphatic carbocycles. The van der Waals surface area contributed by atoms with Gasteiger partial charge in [-0.05, 0) is 25.5 Å². The predicted octanol–water partition coefficient (Wildman–Crippen LogP) is -0.375. The van der Waals surface area contributed by atoms with Crippen molar-refractivity contribution in [3.63, 3.8) is 0 Å². The molecule has 1 heterocycles. The van der Waals surface area contributed by atoms with Crippen molar-refractivity contribution in [1.82, 2.24) is 15.4 Å². The Morgan fingerprint density at radius 1 is 1.24 bits per heavy atom. The number of nitrogens with zero attached hydrogens (tertiary/aromatic N) is 1. The minimum absolute atomic E-state index is 0.0910. The second-order valence-electron chi connectivity index (χ2n) is 5.95. The van der Waals surface area contributed by atoms with E-state index in [2.05, 4.69) is 20.3 Å². The Kier molecular flexibility index (Phi) is 6.42. The normalized spacial score (nSPS) is 20.4. The lowest BCUT2D eigenvalue weighted by Crippen LogP contribution is -2.46. The first kappa shape index (κ1) is 19.7. The summed E-state index contributed by atoms with van der Waals surface area (Å²) in [6.45, 7) is 2.39. The van der Waals surface area contributed by atoms with Crippen molar-refractivity contribution in [2.45, 2.75) is 24.3 Å². The second-order valence-corrected chi connectivity index (χ2v) is 9.95. The highest BCUT2D eigenvalue weighted by Crippen LogP contribution is 2.11. The van der Waals surface area contributed by atoms with Gasteiger partial charge in [0.25, 0.3) is 0 Å². The van der Waals surface area contributed by atoms with Gasteiger partial charge < -0.3 is 10.6 Å². The number of hydrogen-bond donors (Lipinski definition) is 3. The van der Waals surface area contributed by atoms with Crippen LogP contribution in [0.4, 0.5) is 0 Å². The maximum absolute atomic E-state index is 12.2. The quantitative estimate of drug-likeness (QED) is 0.348.